The predicted molar refractivity (Wildman–Crippen MR) is 67.5 cm³/mol. The molecule has 1 heterocycles. The number of carbonyl (C=O) groups excluding carboxylic acids is 1. The quantitative estimate of drug-likeness (QED) is 0.752. The van der Waals surface area contributed by atoms with Gasteiger partial charge >= 0.3 is 0 Å². The minimum atomic E-state index is 0.549. The summed E-state index contributed by atoms with van der Waals surface area (Å²) >= 11 is 6.02. The molecule has 1 fully saturated rings. The summed E-state index contributed by atoms with van der Waals surface area (Å²) in [7, 11) is 0. The highest BCUT2D eigenvalue weighted by Gasteiger charge is 2.23. The zero-order valence-corrected chi connectivity index (χ0v) is 10.2. The molecule has 1 saturated heterocycles. The predicted octanol–water partition coefficient (Wildman–Crippen LogP) is 3.39. The Balaban J connectivity index is 2.27. The zero-order valence-electron chi connectivity index (χ0n) is 9.45. The van der Waals surface area contributed by atoms with Crippen molar-refractivity contribution in [3.05, 3.63) is 28.8 Å². The first-order valence-corrected chi connectivity index (χ1v) is 6.12. The van der Waals surface area contributed by atoms with Crippen LogP contribution in [0.4, 0.5) is 5.69 Å². The average Bonchev–Trinajstić information content (AvgIpc) is 2.77. The van der Waals surface area contributed by atoms with E-state index in [9.17, 15) is 4.79 Å². The molecule has 0 spiro atoms. The molecule has 1 atom stereocenters. The summed E-state index contributed by atoms with van der Waals surface area (Å²) in [4.78, 5) is 13.3. The maximum absolute atomic E-state index is 11.0. The molecule has 1 aliphatic rings. The molecule has 16 heavy (non-hydrogen) atoms. The van der Waals surface area contributed by atoms with Crippen molar-refractivity contribution < 1.29 is 4.79 Å². The van der Waals surface area contributed by atoms with Crippen molar-refractivity contribution in [2.75, 3.05) is 18.0 Å². The summed E-state index contributed by atoms with van der Waals surface area (Å²) in [6.45, 7) is 4.28. The topological polar surface area (TPSA) is 20.3 Å². The first-order valence-electron chi connectivity index (χ1n) is 5.75. The molecule has 1 unspecified atom stereocenters. The molecule has 0 saturated carbocycles. The molecule has 0 bridgehead atoms. The van der Waals surface area contributed by atoms with Crippen LogP contribution in [0.3, 0.4) is 0 Å². The maximum Gasteiger partial charge on any atom is 0.153 e. The smallest absolute Gasteiger partial charge is 0.153 e. The van der Waals surface area contributed by atoms with Crippen molar-refractivity contribution in [3.8, 4) is 0 Å². The van der Waals surface area contributed by atoms with Gasteiger partial charge in [-0.15, -0.1) is 0 Å². The van der Waals surface area contributed by atoms with E-state index in [2.05, 4.69) is 11.8 Å². The Morgan fingerprint density at radius 3 is 3.00 bits per heavy atom. The van der Waals surface area contributed by atoms with Gasteiger partial charge in [0.05, 0.1) is 10.6 Å². The van der Waals surface area contributed by atoms with Gasteiger partial charge in [0, 0.05) is 18.8 Å². The third-order valence-corrected chi connectivity index (χ3v) is 3.68. The Kier molecular flexibility index (Phi) is 3.49. The number of hydrogen-bond donors (Lipinski definition) is 0. The first kappa shape index (κ1) is 11.5. The van der Waals surface area contributed by atoms with Crippen molar-refractivity contribution in [1.29, 1.82) is 0 Å². The lowest BCUT2D eigenvalue weighted by Crippen LogP contribution is -2.20. The van der Waals surface area contributed by atoms with Crippen molar-refractivity contribution in [2.45, 2.75) is 19.8 Å². The van der Waals surface area contributed by atoms with Gasteiger partial charge in [-0.1, -0.05) is 31.0 Å². The van der Waals surface area contributed by atoms with Crippen LogP contribution in [-0.2, 0) is 0 Å². The normalized spacial score (nSPS) is 20.1. The molecule has 0 aromatic heterocycles. The molecule has 86 valence electrons. The van der Waals surface area contributed by atoms with Crippen LogP contribution >= 0.6 is 11.6 Å². The molecule has 2 nitrogen and oxygen atoms in total. The molecular weight excluding hydrogens is 222 g/mol. The Morgan fingerprint density at radius 2 is 2.38 bits per heavy atom. The summed E-state index contributed by atoms with van der Waals surface area (Å²) in [6.07, 6.45) is 3.27. The van der Waals surface area contributed by atoms with Gasteiger partial charge in [-0.05, 0) is 24.5 Å². The van der Waals surface area contributed by atoms with Crippen LogP contribution in [0.1, 0.15) is 30.1 Å². The van der Waals surface area contributed by atoms with E-state index in [1.54, 1.807) is 6.07 Å². The minimum absolute atomic E-state index is 0.549. The largest absolute Gasteiger partial charge is 0.371 e. The molecule has 1 aliphatic heterocycles. The van der Waals surface area contributed by atoms with Gasteiger partial charge < -0.3 is 4.90 Å². The molecule has 0 aliphatic carbocycles. The minimum Gasteiger partial charge on any atom is -0.371 e. The zero-order chi connectivity index (χ0) is 11.5. The highest BCUT2D eigenvalue weighted by molar-refractivity contribution is 6.33. The number of benzene rings is 1. The molecule has 0 amide bonds. The summed E-state index contributed by atoms with van der Waals surface area (Å²) in [5, 5.41) is 0.549. The fourth-order valence-corrected chi connectivity index (χ4v) is 2.52. The lowest BCUT2D eigenvalue weighted by atomic mass is 10.1. The van der Waals surface area contributed by atoms with E-state index in [0.29, 0.717) is 10.6 Å². The van der Waals surface area contributed by atoms with E-state index >= 15 is 0 Å². The summed E-state index contributed by atoms with van der Waals surface area (Å²) in [5.74, 6) is 0.749. The second-order valence-corrected chi connectivity index (χ2v) is 4.71. The third kappa shape index (κ3) is 2.07. The Bertz CT molecular complexity index is 392. The van der Waals surface area contributed by atoms with Crippen molar-refractivity contribution >= 4 is 23.6 Å². The van der Waals surface area contributed by atoms with Gasteiger partial charge in [-0.2, -0.15) is 0 Å². The van der Waals surface area contributed by atoms with Crippen LogP contribution in [0.15, 0.2) is 18.2 Å². The van der Waals surface area contributed by atoms with Crippen molar-refractivity contribution in [3.63, 3.8) is 0 Å². The second-order valence-electron chi connectivity index (χ2n) is 4.30. The van der Waals surface area contributed by atoms with Crippen LogP contribution in [0.2, 0.25) is 5.02 Å². The molecule has 0 radical (unpaired) electrons. The van der Waals surface area contributed by atoms with Crippen LogP contribution in [0, 0.1) is 5.92 Å². The fourth-order valence-electron chi connectivity index (χ4n) is 2.30. The summed E-state index contributed by atoms with van der Waals surface area (Å²) in [6, 6.07) is 5.65. The van der Waals surface area contributed by atoms with E-state index < -0.39 is 0 Å². The summed E-state index contributed by atoms with van der Waals surface area (Å²) in [5.41, 5.74) is 1.61. The molecular formula is C13H16ClNO. The van der Waals surface area contributed by atoms with Crippen LogP contribution in [-0.4, -0.2) is 19.4 Å². The van der Waals surface area contributed by atoms with Gasteiger partial charge in [0.25, 0.3) is 0 Å². The molecule has 1 aromatic rings. The second kappa shape index (κ2) is 4.88. The first-order chi connectivity index (χ1) is 7.76. The maximum atomic E-state index is 11.0. The fraction of sp³-hybridized carbons (Fsp3) is 0.462. The van der Waals surface area contributed by atoms with Gasteiger partial charge in [0.2, 0.25) is 0 Å². The molecule has 1 aromatic carbocycles. The SMILES string of the molecule is CCC1CCN(c2cccc(Cl)c2C=O)C1. The van der Waals surface area contributed by atoms with Crippen LogP contribution in [0.25, 0.3) is 0 Å². The molecule has 3 heteroatoms. The van der Waals surface area contributed by atoms with Gasteiger partial charge in [-0.3, -0.25) is 4.79 Å². The average molecular weight is 238 g/mol. The highest BCUT2D eigenvalue weighted by Crippen LogP contribution is 2.30. The van der Waals surface area contributed by atoms with E-state index in [4.69, 9.17) is 11.6 Å². The lowest BCUT2D eigenvalue weighted by molar-refractivity contribution is 0.112. The third-order valence-electron chi connectivity index (χ3n) is 3.35. The van der Waals surface area contributed by atoms with Gasteiger partial charge in [-0.25, -0.2) is 0 Å². The van der Waals surface area contributed by atoms with E-state index in [1.165, 1.54) is 12.8 Å². The number of rotatable bonds is 3. The standard InChI is InChI=1S/C13H16ClNO/c1-2-10-6-7-15(8-10)13-5-3-4-12(14)11(13)9-16/h3-5,9-10H,2,6-8H2,1H3. The van der Waals surface area contributed by atoms with Gasteiger partial charge in [0.1, 0.15) is 0 Å². The van der Waals surface area contributed by atoms with Crippen molar-refractivity contribution in [1.82, 2.24) is 0 Å². The number of hydrogen-bond acceptors (Lipinski definition) is 2. The number of carbonyl (C=O) groups is 1. The summed E-state index contributed by atoms with van der Waals surface area (Å²) < 4.78 is 0. The van der Waals surface area contributed by atoms with Gasteiger partial charge in [0.15, 0.2) is 6.29 Å². The van der Waals surface area contributed by atoms with E-state index in [-0.39, 0.29) is 0 Å². The van der Waals surface area contributed by atoms with Crippen LogP contribution in [0.5, 0.6) is 0 Å². The van der Waals surface area contributed by atoms with Crippen LogP contribution < -0.4 is 4.90 Å². The Morgan fingerprint density at radius 1 is 1.56 bits per heavy atom. The number of anilines is 1. The van der Waals surface area contributed by atoms with E-state index in [1.807, 2.05) is 12.1 Å². The Hall–Kier alpha value is -1.02. The van der Waals surface area contributed by atoms with E-state index in [0.717, 1.165) is 31.0 Å². The van der Waals surface area contributed by atoms with Crippen molar-refractivity contribution in [2.24, 2.45) is 5.92 Å². The highest BCUT2D eigenvalue weighted by atomic mass is 35.5. The Labute approximate surface area is 101 Å². The number of nitrogens with zero attached hydrogens (tertiary/aromatic N) is 1. The number of halogens is 1. The molecule has 2 rings (SSSR count). The number of aldehydes is 1. The monoisotopic (exact) mass is 237 g/mol. The lowest BCUT2D eigenvalue weighted by Gasteiger charge is -2.20. The molecule has 0 N–H and O–H groups in total.